The highest BCUT2D eigenvalue weighted by atomic mass is 16.6. The van der Waals surface area contributed by atoms with Gasteiger partial charge in [-0.05, 0) is 19.3 Å². The van der Waals surface area contributed by atoms with Gasteiger partial charge in [-0.1, -0.05) is 26.0 Å². The maximum atomic E-state index is 11.6. The topological polar surface area (TPSA) is 26.3 Å². The molecule has 0 unspecified atom stereocenters. The molecule has 1 aliphatic heterocycles. The van der Waals surface area contributed by atoms with Crippen molar-refractivity contribution in [1.29, 1.82) is 0 Å². The predicted octanol–water partition coefficient (Wildman–Crippen LogP) is 2.29. The van der Waals surface area contributed by atoms with Crippen molar-refractivity contribution in [3.05, 3.63) is 12.2 Å². The normalized spacial score (nSPS) is 53.7. The molecule has 0 aromatic heterocycles. The van der Waals surface area contributed by atoms with Crippen molar-refractivity contribution in [3.63, 3.8) is 0 Å². The van der Waals surface area contributed by atoms with Gasteiger partial charge in [0.15, 0.2) is 0 Å². The third kappa shape index (κ3) is 0.626. The van der Waals surface area contributed by atoms with E-state index in [0.29, 0.717) is 0 Å². The number of ether oxygens (including phenoxy) is 1. The molecule has 1 heterocycles. The van der Waals surface area contributed by atoms with Gasteiger partial charge in [0.2, 0.25) is 0 Å². The first kappa shape index (κ1) is 8.51. The molecule has 4 atom stereocenters. The van der Waals surface area contributed by atoms with Crippen LogP contribution in [0.1, 0.15) is 33.1 Å². The van der Waals surface area contributed by atoms with Crippen LogP contribution in [-0.4, -0.2) is 12.1 Å². The second-order valence-corrected chi connectivity index (χ2v) is 5.07. The Morgan fingerprint density at radius 3 is 3.14 bits per heavy atom. The van der Waals surface area contributed by atoms with E-state index in [1.165, 1.54) is 0 Å². The zero-order chi connectivity index (χ0) is 9.97. The molecule has 0 bridgehead atoms. The number of hydrogen-bond acceptors (Lipinski definition) is 2. The molecule has 0 aromatic rings. The molecule has 0 aromatic carbocycles. The Bertz CT molecular complexity index is 333. The molecule has 3 rings (SSSR count). The molecule has 1 spiro atoms. The average Bonchev–Trinajstić information content (AvgIpc) is 2.57. The molecule has 2 aliphatic carbocycles. The van der Waals surface area contributed by atoms with E-state index < -0.39 is 0 Å². The molecule has 2 heteroatoms. The van der Waals surface area contributed by atoms with Crippen molar-refractivity contribution < 1.29 is 9.53 Å². The van der Waals surface area contributed by atoms with Gasteiger partial charge >= 0.3 is 5.97 Å². The predicted molar refractivity (Wildman–Crippen MR) is 52.6 cm³/mol. The standard InChI is InChI=1S/C12H16O2/c1-3-11(2)10-12(11)7-5-4-6-8(12)9(13)14-10/h4,6,8,10H,3,5,7H2,1-2H3/t8-,10+,11-,12+/m1/s1. The Morgan fingerprint density at radius 2 is 2.43 bits per heavy atom. The lowest BCUT2D eigenvalue weighted by Crippen LogP contribution is -2.28. The van der Waals surface area contributed by atoms with Crippen molar-refractivity contribution >= 4 is 5.97 Å². The van der Waals surface area contributed by atoms with Crippen molar-refractivity contribution in [2.45, 2.75) is 39.2 Å². The zero-order valence-corrected chi connectivity index (χ0v) is 8.75. The zero-order valence-electron chi connectivity index (χ0n) is 8.75. The summed E-state index contributed by atoms with van der Waals surface area (Å²) >= 11 is 0. The largest absolute Gasteiger partial charge is 0.461 e. The maximum absolute atomic E-state index is 11.6. The lowest BCUT2D eigenvalue weighted by atomic mass is 9.75. The number of esters is 1. The molecule has 14 heavy (non-hydrogen) atoms. The minimum Gasteiger partial charge on any atom is -0.461 e. The van der Waals surface area contributed by atoms with E-state index in [2.05, 4.69) is 26.0 Å². The van der Waals surface area contributed by atoms with Crippen molar-refractivity contribution in [3.8, 4) is 0 Å². The molecule has 76 valence electrons. The van der Waals surface area contributed by atoms with Crippen LogP contribution < -0.4 is 0 Å². The van der Waals surface area contributed by atoms with E-state index in [0.717, 1.165) is 19.3 Å². The van der Waals surface area contributed by atoms with Crippen LogP contribution in [0.3, 0.4) is 0 Å². The van der Waals surface area contributed by atoms with Gasteiger partial charge in [0.1, 0.15) is 6.10 Å². The second-order valence-electron chi connectivity index (χ2n) is 5.07. The van der Waals surface area contributed by atoms with Crippen molar-refractivity contribution in [2.75, 3.05) is 0 Å². The summed E-state index contributed by atoms with van der Waals surface area (Å²) in [6, 6.07) is 0. The Balaban J connectivity index is 2.05. The van der Waals surface area contributed by atoms with Gasteiger partial charge in [0, 0.05) is 10.8 Å². The molecule has 0 amide bonds. The van der Waals surface area contributed by atoms with E-state index in [9.17, 15) is 4.79 Å². The van der Waals surface area contributed by atoms with E-state index in [4.69, 9.17) is 4.74 Å². The molecule has 2 nitrogen and oxygen atoms in total. The highest BCUT2D eigenvalue weighted by Crippen LogP contribution is 2.77. The lowest BCUT2D eigenvalue weighted by molar-refractivity contribution is -0.146. The molecule has 0 radical (unpaired) electrons. The summed E-state index contributed by atoms with van der Waals surface area (Å²) in [7, 11) is 0. The van der Waals surface area contributed by atoms with Gasteiger partial charge in [0.25, 0.3) is 0 Å². The monoisotopic (exact) mass is 192 g/mol. The summed E-state index contributed by atoms with van der Waals surface area (Å²) in [4.78, 5) is 11.6. The van der Waals surface area contributed by atoms with Gasteiger partial charge in [-0.15, -0.1) is 0 Å². The van der Waals surface area contributed by atoms with Crippen LogP contribution in [0.5, 0.6) is 0 Å². The Labute approximate surface area is 84.3 Å². The summed E-state index contributed by atoms with van der Waals surface area (Å²) in [5, 5.41) is 0. The number of carbonyl (C=O) groups excluding carboxylic acids is 1. The van der Waals surface area contributed by atoms with E-state index in [1.54, 1.807) is 0 Å². The Hall–Kier alpha value is -0.790. The summed E-state index contributed by atoms with van der Waals surface area (Å²) in [5.41, 5.74) is 0.434. The number of carbonyl (C=O) groups is 1. The second kappa shape index (κ2) is 2.23. The van der Waals surface area contributed by atoms with Crippen LogP contribution in [0.4, 0.5) is 0 Å². The van der Waals surface area contributed by atoms with Gasteiger partial charge in [-0.25, -0.2) is 0 Å². The fraction of sp³-hybridized carbons (Fsp3) is 0.750. The van der Waals surface area contributed by atoms with Crippen LogP contribution >= 0.6 is 0 Å². The molecule has 1 saturated heterocycles. The van der Waals surface area contributed by atoms with Crippen LogP contribution in [-0.2, 0) is 9.53 Å². The minimum atomic E-state index is 0.0110. The first-order chi connectivity index (χ1) is 6.67. The fourth-order valence-corrected chi connectivity index (χ4v) is 3.79. The molecule has 3 aliphatic rings. The summed E-state index contributed by atoms with van der Waals surface area (Å²) in [6.45, 7) is 4.48. The summed E-state index contributed by atoms with van der Waals surface area (Å²) in [6.07, 6.45) is 7.78. The number of rotatable bonds is 1. The van der Waals surface area contributed by atoms with Crippen molar-refractivity contribution in [2.24, 2.45) is 16.7 Å². The molecule has 2 fully saturated rings. The van der Waals surface area contributed by atoms with E-state index in [-0.39, 0.29) is 28.8 Å². The molecular weight excluding hydrogens is 176 g/mol. The maximum Gasteiger partial charge on any atom is 0.313 e. The van der Waals surface area contributed by atoms with Gasteiger partial charge in [-0.2, -0.15) is 0 Å². The van der Waals surface area contributed by atoms with Crippen LogP contribution in [0.25, 0.3) is 0 Å². The highest BCUT2D eigenvalue weighted by molar-refractivity contribution is 5.81. The van der Waals surface area contributed by atoms with Gasteiger partial charge in [-0.3, -0.25) is 4.79 Å². The van der Waals surface area contributed by atoms with E-state index in [1.807, 2.05) is 0 Å². The lowest BCUT2D eigenvalue weighted by Gasteiger charge is -2.26. The summed E-state index contributed by atoms with van der Waals surface area (Å²) in [5.74, 6) is 0.0723. The van der Waals surface area contributed by atoms with Crippen LogP contribution in [0.2, 0.25) is 0 Å². The average molecular weight is 192 g/mol. The first-order valence-corrected chi connectivity index (χ1v) is 5.54. The van der Waals surface area contributed by atoms with E-state index >= 15 is 0 Å². The SMILES string of the molecule is CC[C@]1(C)[C@@H]2OC(=O)[C@H]3C=CCC[C@]321. The molecule has 1 saturated carbocycles. The van der Waals surface area contributed by atoms with Crippen LogP contribution in [0.15, 0.2) is 12.2 Å². The third-order valence-corrected chi connectivity index (χ3v) is 4.86. The number of allylic oxidation sites excluding steroid dienone is 1. The quantitative estimate of drug-likeness (QED) is 0.470. The third-order valence-electron chi connectivity index (χ3n) is 4.86. The smallest absolute Gasteiger partial charge is 0.313 e. The summed E-state index contributed by atoms with van der Waals surface area (Å²) < 4.78 is 5.49. The minimum absolute atomic E-state index is 0.0110. The van der Waals surface area contributed by atoms with Crippen molar-refractivity contribution in [1.82, 2.24) is 0 Å². The van der Waals surface area contributed by atoms with Gasteiger partial charge < -0.3 is 4.74 Å². The fourth-order valence-electron chi connectivity index (χ4n) is 3.79. The molecular formula is C12H16O2. The number of hydrogen-bond donors (Lipinski definition) is 0. The van der Waals surface area contributed by atoms with Crippen LogP contribution in [0, 0.1) is 16.7 Å². The molecule has 0 N–H and O–H groups in total. The Kier molecular flexibility index (Phi) is 1.36. The first-order valence-electron chi connectivity index (χ1n) is 5.54. The highest BCUT2D eigenvalue weighted by Gasteiger charge is 2.82. The van der Waals surface area contributed by atoms with Gasteiger partial charge in [0.05, 0.1) is 5.92 Å². The Morgan fingerprint density at radius 1 is 1.64 bits per heavy atom.